The van der Waals surface area contributed by atoms with Gasteiger partial charge in [-0.15, -0.1) is 0 Å². The number of fused-ring (bicyclic) bond motifs is 2. The van der Waals surface area contributed by atoms with Gasteiger partial charge in [0.2, 0.25) is 23.7 Å². The lowest BCUT2D eigenvalue weighted by Gasteiger charge is -2.33. The number of nitrogens with one attached hydrogen (secondary N) is 4. The van der Waals surface area contributed by atoms with Crippen LogP contribution in [0.5, 0.6) is 5.75 Å². The van der Waals surface area contributed by atoms with Crippen LogP contribution in [0.15, 0.2) is 54.9 Å². The molecule has 18 heteroatoms. The molecule has 5 heterocycles. The van der Waals surface area contributed by atoms with Crippen LogP contribution in [0.1, 0.15) is 52.8 Å². The van der Waals surface area contributed by atoms with Crippen molar-refractivity contribution in [2.75, 3.05) is 58.0 Å². The molecular formula is C39H41ClN8O9. The number of amides is 6. The summed E-state index contributed by atoms with van der Waals surface area (Å²) in [4.78, 5) is 90.5. The normalized spacial score (nSPS) is 18.1. The minimum absolute atomic E-state index is 0.00306. The standard InChI is InChI=1S/C39H41ClN8O9/c40-27-20-43-39(46-35(27)26-19-42-28-8-2-1-6-24(26)28)44-23-5-4-14-47(21-23)33(51)12-15-55-17-18-56-16-13-41-32(50)22-57-30-9-3-7-25-34(30)38(54)48(37(25)53)29-10-11-31(49)45-36(29)52/h1-3,6-9,19-20,23,29,42H,4-5,10-18,21-22H2,(H,41,50)(H,43,44,46)(H,45,49,52). The first kappa shape index (κ1) is 39.3. The van der Waals surface area contributed by atoms with Crippen molar-refractivity contribution in [2.45, 2.75) is 44.2 Å². The van der Waals surface area contributed by atoms with Crippen LogP contribution in [0.4, 0.5) is 5.95 Å². The van der Waals surface area contributed by atoms with Crippen molar-refractivity contribution in [3.63, 3.8) is 0 Å². The monoisotopic (exact) mass is 800 g/mol. The van der Waals surface area contributed by atoms with Crippen molar-refractivity contribution < 1.29 is 43.0 Å². The van der Waals surface area contributed by atoms with E-state index in [2.05, 4.69) is 25.9 Å². The smallest absolute Gasteiger partial charge is 0.266 e. The molecule has 7 rings (SSSR count). The summed E-state index contributed by atoms with van der Waals surface area (Å²) in [6.45, 7) is 1.89. The number of carbonyl (C=O) groups is 6. The predicted octanol–water partition coefficient (Wildman–Crippen LogP) is 2.70. The second-order valence-electron chi connectivity index (χ2n) is 13.7. The van der Waals surface area contributed by atoms with E-state index in [4.69, 9.17) is 30.8 Å². The van der Waals surface area contributed by atoms with Crippen molar-refractivity contribution in [3.05, 3.63) is 71.0 Å². The van der Waals surface area contributed by atoms with Crippen molar-refractivity contribution in [1.82, 2.24) is 35.4 Å². The van der Waals surface area contributed by atoms with E-state index in [0.29, 0.717) is 29.8 Å². The molecule has 0 radical (unpaired) electrons. The fourth-order valence-corrected chi connectivity index (χ4v) is 7.29. The number of rotatable bonds is 16. The van der Waals surface area contributed by atoms with Gasteiger partial charge in [-0.05, 0) is 37.5 Å². The van der Waals surface area contributed by atoms with Gasteiger partial charge in [0.1, 0.15) is 11.8 Å². The Morgan fingerprint density at radius 2 is 1.77 bits per heavy atom. The molecule has 6 amide bonds. The molecule has 2 aromatic heterocycles. The number of piperidine rings is 2. The van der Waals surface area contributed by atoms with Crippen LogP contribution in [0, 0.1) is 0 Å². The first-order valence-electron chi connectivity index (χ1n) is 18.7. The Kier molecular flexibility index (Phi) is 12.4. The van der Waals surface area contributed by atoms with E-state index in [1.54, 1.807) is 6.20 Å². The predicted molar refractivity (Wildman–Crippen MR) is 205 cm³/mol. The number of aromatic amines is 1. The van der Waals surface area contributed by atoms with Gasteiger partial charge < -0.3 is 34.7 Å². The molecule has 0 bridgehead atoms. The van der Waals surface area contributed by atoms with Gasteiger partial charge in [0, 0.05) is 54.8 Å². The molecule has 4 aromatic rings. The number of para-hydroxylation sites is 1. The number of nitrogens with zero attached hydrogens (tertiary/aromatic N) is 4. The van der Waals surface area contributed by atoms with E-state index in [1.807, 2.05) is 35.4 Å². The van der Waals surface area contributed by atoms with Gasteiger partial charge in [0.15, 0.2) is 6.61 Å². The highest BCUT2D eigenvalue weighted by Crippen LogP contribution is 2.34. The highest BCUT2D eigenvalue weighted by Gasteiger charge is 2.46. The minimum atomic E-state index is -1.11. The van der Waals surface area contributed by atoms with Crippen LogP contribution in [0.2, 0.25) is 5.02 Å². The first-order valence-corrected chi connectivity index (χ1v) is 19.1. The quantitative estimate of drug-likeness (QED) is 0.0952. The molecule has 2 aromatic carbocycles. The number of hydrogen-bond acceptors (Lipinski definition) is 12. The highest BCUT2D eigenvalue weighted by atomic mass is 35.5. The number of anilines is 1. The van der Waals surface area contributed by atoms with Gasteiger partial charge in [0.05, 0.1) is 60.9 Å². The summed E-state index contributed by atoms with van der Waals surface area (Å²) in [5.74, 6) is -2.58. The molecule has 3 aliphatic rings. The number of likely N-dealkylation sites (tertiary alicyclic amines) is 1. The van der Waals surface area contributed by atoms with Crippen molar-refractivity contribution in [3.8, 4) is 17.0 Å². The molecule has 2 unspecified atom stereocenters. The Morgan fingerprint density at radius 3 is 2.61 bits per heavy atom. The van der Waals surface area contributed by atoms with E-state index >= 15 is 0 Å². The van der Waals surface area contributed by atoms with Crippen LogP contribution in [-0.2, 0) is 28.7 Å². The first-order chi connectivity index (χ1) is 27.7. The van der Waals surface area contributed by atoms with Gasteiger partial charge >= 0.3 is 0 Å². The highest BCUT2D eigenvalue weighted by molar-refractivity contribution is 6.33. The largest absolute Gasteiger partial charge is 0.483 e. The van der Waals surface area contributed by atoms with E-state index < -0.39 is 42.2 Å². The van der Waals surface area contributed by atoms with E-state index in [-0.39, 0.29) is 81.1 Å². The number of halogens is 1. The molecule has 0 spiro atoms. The number of hydrogen-bond donors (Lipinski definition) is 4. The molecular weight excluding hydrogens is 760 g/mol. The Hall–Kier alpha value is -5.91. The maximum Gasteiger partial charge on any atom is 0.266 e. The second kappa shape index (κ2) is 17.9. The summed E-state index contributed by atoms with van der Waals surface area (Å²) in [6.07, 6.45) is 5.43. The molecule has 2 atom stereocenters. The van der Waals surface area contributed by atoms with Crippen LogP contribution < -0.4 is 20.7 Å². The SMILES string of the molecule is O=C(COc1cccc2c1C(=O)N(C1CCC(=O)NC1=O)C2=O)NCCOCCOCCC(=O)N1CCCC(Nc2ncc(Cl)c(-c3c[nH]c4ccccc34)n2)C1. The topological polar surface area (TPSA) is 214 Å². The number of aromatic nitrogens is 3. The Labute approximate surface area is 331 Å². The molecule has 3 aliphatic heterocycles. The van der Waals surface area contributed by atoms with Crippen LogP contribution in [0.25, 0.3) is 22.2 Å². The summed E-state index contributed by atoms with van der Waals surface area (Å²) < 4.78 is 16.7. The van der Waals surface area contributed by atoms with Crippen molar-refractivity contribution >= 4 is 63.9 Å². The summed E-state index contributed by atoms with van der Waals surface area (Å²) in [6, 6.07) is 11.2. The summed E-state index contributed by atoms with van der Waals surface area (Å²) in [5, 5.41) is 9.65. The molecule has 0 aliphatic carbocycles. The third kappa shape index (κ3) is 9.06. The zero-order chi connectivity index (χ0) is 39.9. The Morgan fingerprint density at radius 1 is 0.947 bits per heavy atom. The Bertz CT molecular complexity index is 2200. The third-order valence-electron chi connectivity index (χ3n) is 9.89. The minimum Gasteiger partial charge on any atom is -0.483 e. The number of imide groups is 2. The molecule has 0 saturated carbocycles. The van der Waals surface area contributed by atoms with Gasteiger partial charge in [-0.2, -0.15) is 0 Å². The third-order valence-corrected chi connectivity index (χ3v) is 10.2. The van der Waals surface area contributed by atoms with E-state index in [1.165, 1.54) is 18.2 Å². The number of H-pyrrole nitrogens is 1. The number of carbonyl (C=O) groups excluding carboxylic acids is 6. The van der Waals surface area contributed by atoms with Crippen molar-refractivity contribution in [2.24, 2.45) is 0 Å². The molecule has 17 nitrogen and oxygen atoms in total. The molecule has 298 valence electrons. The van der Waals surface area contributed by atoms with E-state index in [9.17, 15) is 28.8 Å². The summed E-state index contributed by atoms with van der Waals surface area (Å²) in [5.41, 5.74) is 2.51. The molecule has 4 N–H and O–H groups in total. The molecule has 57 heavy (non-hydrogen) atoms. The Balaban J connectivity index is 0.764. The molecule has 2 fully saturated rings. The summed E-state index contributed by atoms with van der Waals surface area (Å²) in [7, 11) is 0. The maximum atomic E-state index is 13.2. The van der Waals surface area contributed by atoms with Gasteiger partial charge in [-0.25, -0.2) is 9.97 Å². The number of benzene rings is 2. The molecule has 2 saturated heterocycles. The van der Waals surface area contributed by atoms with Gasteiger partial charge in [0.25, 0.3) is 17.7 Å². The average Bonchev–Trinajstić information content (AvgIpc) is 3.75. The number of ether oxygens (including phenoxy) is 3. The lowest BCUT2D eigenvalue weighted by molar-refractivity contribution is -0.136. The van der Waals surface area contributed by atoms with Crippen molar-refractivity contribution in [1.29, 1.82) is 0 Å². The lowest BCUT2D eigenvalue weighted by atomic mass is 10.0. The zero-order valence-electron chi connectivity index (χ0n) is 30.9. The van der Waals surface area contributed by atoms with Crippen LogP contribution >= 0.6 is 11.6 Å². The average molecular weight is 801 g/mol. The lowest BCUT2D eigenvalue weighted by Crippen LogP contribution is -2.54. The maximum absolute atomic E-state index is 13.2. The summed E-state index contributed by atoms with van der Waals surface area (Å²) >= 11 is 6.49. The van der Waals surface area contributed by atoms with Crippen LogP contribution in [-0.4, -0.2) is 125 Å². The fraction of sp³-hybridized carbons (Fsp3) is 0.385. The fourth-order valence-electron chi connectivity index (χ4n) is 7.10. The zero-order valence-corrected chi connectivity index (χ0v) is 31.6. The van der Waals surface area contributed by atoms with Crippen LogP contribution in [0.3, 0.4) is 0 Å². The van der Waals surface area contributed by atoms with Gasteiger partial charge in [-0.1, -0.05) is 35.9 Å². The van der Waals surface area contributed by atoms with Gasteiger partial charge in [-0.3, -0.25) is 39.0 Å². The van der Waals surface area contributed by atoms with E-state index in [0.717, 1.165) is 34.2 Å². The second-order valence-corrected chi connectivity index (χ2v) is 14.1.